The predicted molar refractivity (Wildman–Crippen MR) is 119 cm³/mol. The molecule has 3 aromatic rings. The molecule has 1 aromatic carbocycles. The average Bonchev–Trinajstić information content (AvgIpc) is 3.12. The zero-order chi connectivity index (χ0) is 23.0. The van der Waals surface area contributed by atoms with Crippen molar-refractivity contribution in [3.05, 3.63) is 62.2 Å². The Balaban J connectivity index is 1.86. The van der Waals surface area contributed by atoms with E-state index in [4.69, 9.17) is 0 Å². The Morgan fingerprint density at radius 1 is 1.12 bits per heavy atom. The van der Waals surface area contributed by atoms with Crippen LogP contribution in [0.2, 0.25) is 0 Å². The lowest BCUT2D eigenvalue weighted by Crippen LogP contribution is -2.47. The summed E-state index contributed by atoms with van der Waals surface area (Å²) in [4.78, 5) is 41.8. The number of hydrogen-bond acceptors (Lipinski definition) is 4. The smallest absolute Gasteiger partial charge is 0.332 e. The van der Waals surface area contributed by atoms with Crippen molar-refractivity contribution < 1.29 is 9.18 Å². The first-order valence-corrected chi connectivity index (χ1v) is 11.1. The Morgan fingerprint density at radius 2 is 1.84 bits per heavy atom. The van der Waals surface area contributed by atoms with E-state index in [1.165, 1.54) is 16.7 Å². The van der Waals surface area contributed by atoms with E-state index in [-0.39, 0.29) is 25.0 Å². The standard InChI is InChI=1S/C23H28FN5O3/c1-4-29-21-20(16(3)25-29)27(14-19(30)26-12-6-5-7-15(26)2)23(32)28(22(21)31)13-17-8-10-18(24)11-9-17/h8-11,15H,4-7,12-14H2,1-3H3/t15-/m1/s1. The molecule has 0 saturated carbocycles. The first kappa shape index (κ1) is 22.0. The van der Waals surface area contributed by atoms with Gasteiger partial charge >= 0.3 is 5.69 Å². The monoisotopic (exact) mass is 441 g/mol. The second kappa shape index (κ2) is 8.72. The predicted octanol–water partition coefficient (Wildman–Crippen LogP) is 2.28. The number of halogens is 1. The van der Waals surface area contributed by atoms with Crippen molar-refractivity contribution in [3.8, 4) is 0 Å². The summed E-state index contributed by atoms with van der Waals surface area (Å²) >= 11 is 0. The minimum absolute atomic E-state index is 0.0177. The van der Waals surface area contributed by atoms with Crippen LogP contribution in [0.15, 0.2) is 33.9 Å². The molecule has 1 atom stereocenters. The van der Waals surface area contributed by atoms with Crippen LogP contribution >= 0.6 is 0 Å². The number of likely N-dealkylation sites (tertiary alicyclic amines) is 1. The molecule has 1 aliphatic heterocycles. The van der Waals surface area contributed by atoms with Crippen LogP contribution in [0.5, 0.6) is 0 Å². The lowest BCUT2D eigenvalue weighted by molar-refractivity contribution is -0.135. The van der Waals surface area contributed by atoms with Gasteiger partial charge in [0.25, 0.3) is 5.56 Å². The summed E-state index contributed by atoms with van der Waals surface area (Å²) in [5.41, 5.74) is 0.813. The minimum Gasteiger partial charge on any atom is -0.338 e. The van der Waals surface area contributed by atoms with Crippen molar-refractivity contribution in [2.24, 2.45) is 0 Å². The van der Waals surface area contributed by atoms with Crippen LogP contribution in [0.1, 0.15) is 44.4 Å². The van der Waals surface area contributed by atoms with Gasteiger partial charge in [0.1, 0.15) is 17.9 Å². The van der Waals surface area contributed by atoms with E-state index in [0.29, 0.717) is 35.4 Å². The van der Waals surface area contributed by atoms with Gasteiger partial charge in [0, 0.05) is 19.1 Å². The van der Waals surface area contributed by atoms with E-state index in [1.807, 2.05) is 18.7 Å². The summed E-state index contributed by atoms with van der Waals surface area (Å²) in [6, 6.07) is 5.78. The zero-order valence-electron chi connectivity index (χ0n) is 18.7. The van der Waals surface area contributed by atoms with Gasteiger partial charge in [-0.3, -0.25) is 23.4 Å². The molecule has 1 aliphatic rings. The fraction of sp³-hybridized carbons (Fsp3) is 0.478. The number of hydrogen-bond donors (Lipinski definition) is 0. The number of piperidine rings is 1. The summed E-state index contributed by atoms with van der Waals surface area (Å²) in [6.07, 6.45) is 2.96. The number of nitrogens with zero attached hydrogens (tertiary/aromatic N) is 5. The SMILES string of the molecule is CCn1nc(C)c2c1c(=O)n(Cc1ccc(F)cc1)c(=O)n2CC(=O)N1CCCC[C@H]1C. The van der Waals surface area contributed by atoms with E-state index in [9.17, 15) is 18.8 Å². The molecule has 3 heterocycles. The van der Waals surface area contributed by atoms with Crippen LogP contribution in [-0.4, -0.2) is 42.3 Å². The Bertz CT molecular complexity index is 1270. The van der Waals surface area contributed by atoms with Crippen LogP contribution in [0.4, 0.5) is 4.39 Å². The highest BCUT2D eigenvalue weighted by atomic mass is 19.1. The normalized spacial score (nSPS) is 16.6. The highest BCUT2D eigenvalue weighted by Gasteiger charge is 2.26. The van der Waals surface area contributed by atoms with Crippen LogP contribution in [0, 0.1) is 12.7 Å². The zero-order valence-corrected chi connectivity index (χ0v) is 18.7. The van der Waals surface area contributed by atoms with E-state index >= 15 is 0 Å². The van der Waals surface area contributed by atoms with Crippen LogP contribution < -0.4 is 11.2 Å². The molecule has 0 unspecified atom stereocenters. The molecule has 170 valence electrons. The van der Waals surface area contributed by atoms with E-state index in [1.54, 1.807) is 23.7 Å². The molecule has 32 heavy (non-hydrogen) atoms. The van der Waals surface area contributed by atoms with Crippen molar-refractivity contribution in [1.82, 2.24) is 23.8 Å². The Hall–Kier alpha value is -3.23. The molecule has 1 amide bonds. The second-order valence-electron chi connectivity index (χ2n) is 8.42. The van der Waals surface area contributed by atoms with E-state index in [0.717, 1.165) is 23.8 Å². The van der Waals surface area contributed by atoms with Gasteiger partial charge in [-0.15, -0.1) is 0 Å². The van der Waals surface area contributed by atoms with Gasteiger partial charge in [0.2, 0.25) is 5.91 Å². The Morgan fingerprint density at radius 3 is 2.50 bits per heavy atom. The van der Waals surface area contributed by atoms with Crippen molar-refractivity contribution in [1.29, 1.82) is 0 Å². The number of carbonyl (C=O) groups excluding carboxylic acids is 1. The Labute approximate surface area is 184 Å². The highest BCUT2D eigenvalue weighted by molar-refractivity contribution is 5.81. The van der Waals surface area contributed by atoms with Gasteiger partial charge in [-0.1, -0.05) is 12.1 Å². The van der Waals surface area contributed by atoms with Crippen LogP contribution in [0.3, 0.4) is 0 Å². The number of aromatic nitrogens is 4. The lowest BCUT2D eigenvalue weighted by Gasteiger charge is -2.33. The molecule has 0 spiro atoms. The maximum absolute atomic E-state index is 13.5. The molecule has 0 bridgehead atoms. The molecule has 4 rings (SSSR count). The quantitative estimate of drug-likeness (QED) is 0.608. The molecule has 1 fully saturated rings. The molecule has 8 nitrogen and oxygen atoms in total. The summed E-state index contributed by atoms with van der Waals surface area (Å²) in [7, 11) is 0. The molecule has 2 aromatic heterocycles. The summed E-state index contributed by atoms with van der Waals surface area (Å²) in [6.45, 7) is 6.57. The van der Waals surface area contributed by atoms with E-state index in [2.05, 4.69) is 5.10 Å². The average molecular weight is 442 g/mol. The molecule has 0 radical (unpaired) electrons. The fourth-order valence-electron chi connectivity index (χ4n) is 4.54. The molecular weight excluding hydrogens is 413 g/mol. The third-order valence-electron chi connectivity index (χ3n) is 6.25. The number of amides is 1. The number of carbonyl (C=O) groups is 1. The lowest BCUT2D eigenvalue weighted by atomic mass is 10.0. The number of rotatable bonds is 5. The fourth-order valence-corrected chi connectivity index (χ4v) is 4.54. The third-order valence-corrected chi connectivity index (χ3v) is 6.25. The maximum Gasteiger partial charge on any atom is 0.332 e. The minimum atomic E-state index is -0.566. The topological polar surface area (TPSA) is 82.1 Å². The number of benzene rings is 1. The van der Waals surface area contributed by atoms with Gasteiger partial charge in [-0.2, -0.15) is 5.10 Å². The molecule has 0 aliphatic carbocycles. The second-order valence-corrected chi connectivity index (χ2v) is 8.42. The largest absolute Gasteiger partial charge is 0.338 e. The summed E-state index contributed by atoms with van der Waals surface area (Å²) in [5, 5.41) is 4.43. The van der Waals surface area contributed by atoms with Gasteiger partial charge < -0.3 is 4.90 Å². The van der Waals surface area contributed by atoms with Gasteiger partial charge in [0.05, 0.1) is 12.2 Å². The summed E-state index contributed by atoms with van der Waals surface area (Å²) in [5.74, 6) is -0.536. The number of aryl methyl sites for hydroxylation is 2. The summed E-state index contributed by atoms with van der Waals surface area (Å²) < 4.78 is 17.4. The van der Waals surface area contributed by atoms with Gasteiger partial charge in [0.15, 0.2) is 5.52 Å². The maximum atomic E-state index is 13.5. The van der Waals surface area contributed by atoms with Gasteiger partial charge in [-0.25, -0.2) is 9.18 Å². The van der Waals surface area contributed by atoms with Crippen LogP contribution in [0.25, 0.3) is 11.0 Å². The van der Waals surface area contributed by atoms with Crippen LogP contribution in [-0.2, 0) is 24.4 Å². The Kier molecular flexibility index (Phi) is 5.99. The van der Waals surface area contributed by atoms with Gasteiger partial charge in [-0.05, 0) is 57.7 Å². The highest BCUT2D eigenvalue weighted by Crippen LogP contribution is 2.18. The van der Waals surface area contributed by atoms with Crippen molar-refractivity contribution in [2.75, 3.05) is 6.54 Å². The molecule has 9 heteroatoms. The molecule has 1 saturated heterocycles. The van der Waals surface area contributed by atoms with Crippen molar-refractivity contribution in [3.63, 3.8) is 0 Å². The molecular formula is C23H28FN5O3. The van der Waals surface area contributed by atoms with E-state index < -0.39 is 17.1 Å². The van der Waals surface area contributed by atoms with Crippen molar-refractivity contribution >= 4 is 16.9 Å². The molecule has 0 N–H and O–H groups in total. The first-order valence-electron chi connectivity index (χ1n) is 11.1. The third kappa shape index (κ3) is 3.87. The number of fused-ring (bicyclic) bond motifs is 1. The first-order chi connectivity index (χ1) is 15.3. The van der Waals surface area contributed by atoms with Crippen molar-refractivity contribution in [2.45, 2.75) is 65.7 Å².